The summed E-state index contributed by atoms with van der Waals surface area (Å²) >= 11 is 1.62. The van der Waals surface area contributed by atoms with Crippen molar-refractivity contribution in [3.8, 4) is 5.75 Å². The molecule has 1 aromatic carbocycles. The first-order chi connectivity index (χ1) is 10.5. The number of aryl methyl sites for hydroxylation is 3. The summed E-state index contributed by atoms with van der Waals surface area (Å²) in [5.41, 5.74) is 5.70. The number of carbonyl (C=O) groups is 1. The molecule has 0 bridgehead atoms. The molecular weight excluding hydrogens is 296 g/mol. The normalized spacial score (nSPS) is 10.9. The summed E-state index contributed by atoms with van der Waals surface area (Å²) in [5, 5.41) is 3.94. The molecule has 0 saturated carbocycles. The number of hydrogen-bond donors (Lipinski definition) is 1. The molecule has 0 aliphatic rings. The van der Waals surface area contributed by atoms with E-state index in [1.807, 2.05) is 52.0 Å². The van der Waals surface area contributed by atoms with Crippen molar-refractivity contribution in [3.63, 3.8) is 0 Å². The molecule has 0 radical (unpaired) electrons. The molecule has 0 spiro atoms. The molecule has 5 heteroatoms. The highest BCUT2D eigenvalue weighted by molar-refractivity contribution is 7.13. The Labute approximate surface area is 134 Å². The van der Waals surface area contributed by atoms with Gasteiger partial charge in [0, 0.05) is 9.75 Å². The zero-order valence-electron chi connectivity index (χ0n) is 13.3. The van der Waals surface area contributed by atoms with Crippen LogP contribution in [0.15, 0.2) is 29.4 Å². The molecule has 0 saturated heterocycles. The van der Waals surface area contributed by atoms with E-state index in [1.54, 1.807) is 17.6 Å². The van der Waals surface area contributed by atoms with E-state index in [1.165, 1.54) is 4.88 Å². The first-order valence-corrected chi connectivity index (χ1v) is 7.87. The van der Waals surface area contributed by atoms with Gasteiger partial charge in [0.2, 0.25) is 0 Å². The highest BCUT2D eigenvalue weighted by Crippen LogP contribution is 2.25. The maximum absolute atomic E-state index is 11.8. The average Bonchev–Trinajstić information content (AvgIpc) is 2.89. The largest absolute Gasteiger partial charge is 0.483 e. The number of ether oxygens (including phenoxy) is 1. The summed E-state index contributed by atoms with van der Waals surface area (Å²) in [5.74, 6) is 0.498. The SMILES string of the molecule is Cc1ccc(/C=N\NC(=O)COc2c(C)ccc(C)c2C)s1. The summed E-state index contributed by atoms with van der Waals surface area (Å²) < 4.78 is 5.63. The van der Waals surface area contributed by atoms with Crippen LogP contribution in [0.5, 0.6) is 5.75 Å². The van der Waals surface area contributed by atoms with Crippen LogP contribution in [0.2, 0.25) is 0 Å². The molecule has 1 amide bonds. The highest BCUT2D eigenvalue weighted by Gasteiger charge is 2.08. The van der Waals surface area contributed by atoms with Gasteiger partial charge >= 0.3 is 0 Å². The Bertz CT molecular complexity index is 705. The Morgan fingerprint density at radius 2 is 1.91 bits per heavy atom. The third kappa shape index (κ3) is 4.18. The number of carbonyl (C=O) groups excluding carboxylic acids is 1. The molecule has 0 aliphatic carbocycles. The van der Waals surface area contributed by atoms with Gasteiger partial charge in [-0.25, -0.2) is 5.43 Å². The first kappa shape index (κ1) is 16.2. The van der Waals surface area contributed by atoms with E-state index in [9.17, 15) is 4.79 Å². The smallest absolute Gasteiger partial charge is 0.277 e. The van der Waals surface area contributed by atoms with E-state index in [-0.39, 0.29) is 12.5 Å². The van der Waals surface area contributed by atoms with Crippen LogP contribution < -0.4 is 10.2 Å². The second-order valence-corrected chi connectivity index (χ2v) is 6.50. The van der Waals surface area contributed by atoms with Crippen LogP contribution in [0, 0.1) is 27.7 Å². The van der Waals surface area contributed by atoms with Gasteiger partial charge in [0.05, 0.1) is 6.21 Å². The summed E-state index contributed by atoms with van der Waals surface area (Å²) in [7, 11) is 0. The predicted molar refractivity (Wildman–Crippen MR) is 90.9 cm³/mol. The summed E-state index contributed by atoms with van der Waals surface area (Å²) in [6.07, 6.45) is 1.64. The third-order valence-electron chi connectivity index (χ3n) is 3.36. The standard InChI is InChI=1S/C17H20N2O2S/c1-11-5-6-12(2)17(14(11)4)21-10-16(20)19-18-9-15-8-7-13(3)22-15/h5-9H,10H2,1-4H3,(H,19,20)/b18-9-. The molecule has 0 aliphatic heterocycles. The molecule has 2 aromatic rings. The molecule has 4 nitrogen and oxygen atoms in total. The van der Waals surface area contributed by atoms with Crippen molar-refractivity contribution in [1.29, 1.82) is 0 Å². The number of thiophene rings is 1. The van der Waals surface area contributed by atoms with E-state index in [2.05, 4.69) is 10.5 Å². The van der Waals surface area contributed by atoms with Crippen LogP contribution in [0.3, 0.4) is 0 Å². The summed E-state index contributed by atoms with van der Waals surface area (Å²) in [6, 6.07) is 8.02. The van der Waals surface area contributed by atoms with E-state index < -0.39 is 0 Å². The van der Waals surface area contributed by atoms with Crippen molar-refractivity contribution in [3.05, 3.63) is 50.7 Å². The monoisotopic (exact) mass is 316 g/mol. The Morgan fingerprint density at radius 1 is 1.18 bits per heavy atom. The molecular formula is C17H20N2O2S. The van der Waals surface area contributed by atoms with Crippen LogP contribution in [0.4, 0.5) is 0 Å². The van der Waals surface area contributed by atoms with Gasteiger partial charge in [-0.2, -0.15) is 5.10 Å². The molecule has 0 atom stereocenters. The molecule has 116 valence electrons. The first-order valence-electron chi connectivity index (χ1n) is 7.05. The van der Waals surface area contributed by atoms with Crippen molar-refractivity contribution in [2.45, 2.75) is 27.7 Å². The number of hydrogen-bond acceptors (Lipinski definition) is 4. The number of nitrogens with zero attached hydrogens (tertiary/aromatic N) is 1. The quantitative estimate of drug-likeness (QED) is 0.678. The van der Waals surface area contributed by atoms with Gasteiger partial charge in [-0.05, 0) is 56.5 Å². The van der Waals surface area contributed by atoms with Crippen molar-refractivity contribution >= 4 is 23.5 Å². The van der Waals surface area contributed by atoms with Gasteiger partial charge in [-0.15, -0.1) is 11.3 Å². The van der Waals surface area contributed by atoms with Crippen LogP contribution in [-0.2, 0) is 4.79 Å². The molecule has 1 heterocycles. The maximum atomic E-state index is 11.8. The lowest BCUT2D eigenvalue weighted by Gasteiger charge is -2.13. The lowest BCUT2D eigenvalue weighted by Crippen LogP contribution is -2.25. The molecule has 0 fully saturated rings. The zero-order valence-corrected chi connectivity index (χ0v) is 14.1. The van der Waals surface area contributed by atoms with E-state index in [0.29, 0.717) is 0 Å². The number of benzene rings is 1. The maximum Gasteiger partial charge on any atom is 0.277 e. The topological polar surface area (TPSA) is 50.7 Å². The Hall–Kier alpha value is -2.14. The van der Waals surface area contributed by atoms with Crippen LogP contribution >= 0.6 is 11.3 Å². The molecule has 1 N–H and O–H groups in total. The number of amides is 1. The fraction of sp³-hybridized carbons (Fsp3) is 0.294. The molecule has 2 rings (SSSR count). The van der Waals surface area contributed by atoms with Crippen LogP contribution in [0.1, 0.15) is 26.4 Å². The summed E-state index contributed by atoms with van der Waals surface area (Å²) in [6.45, 7) is 7.96. The third-order valence-corrected chi connectivity index (χ3v) is 4.30. The van der Waals surface area contributed by atoms with E-state index in [0.717, 1.165) is 27.3 Å². The molecule has 22 heavy (non-hydrogen) atoms. The van der Waals surface area contributed by atoms with Crippen molar-refractivity contribution in [2.75, 3.05) is 6.61 Å². The number of hydrazone groups is 1. The minimum absolute atomic E-state index is 0.0497. The lowest BCUT2D eigenvalue weighted by atomic mass is 10.1. The fourth-order valence-electron chi connectivity index (χ4n) is 2.01. The average molecular weight is 316 g/mol. The van der Waals surface area contributed by atoms with E-state index in [4.69, 9.17) is 4.74 Å². The molecule has 0 unspecified atom stereocenters. The Balaban J connectivity index is 1.88. The van der Waals surface area contributed by atoms with Gasteiger partial charge in [-0.1, -0.05) is 12.1 Å². The van der Waals surface area contributed by atoms with Crippen LogP contribution in [0.25, 0.3) is 0 Å². The predicted octanol–water partition coefficient (Wildman–Crippen LogP) is 3.51. The minimum Gasteiger partial charge on any atom is -0.483 e. The highest BCUT2D eigenvalue weighted by atomic mass is 32.1. The second kappa shape index (κ2) is 7.22. The van der Waals surface area contributed by atoms with Crippen LogP contribution in [-0.4, -0.2) is 18.7 Å². The van der Waals surface area contributed by atoms with Gasteiger partial charge in [0.25, 0.3) is 5.91 Å². The van der Waals surface area contributed by atoms with Crippen molar-refractivity contribution in [1.82, 2.24) is 5.43 Å². The fourth-order valence-corrected chi connectivity index (χ4v) is 2.76. The molecule has 1 aromatic heterocycles. The lowest BCUT2D eigenvalue weighted by molar-refractivity contribution is -0.123. The Kier molecular flexibility index (Phi) is 5.33. The Morgan fingerprint density at radius 3 is 2.59 bits per heavy atom. The summed E-state index contributed by atoms with van der Waals surface area (Å²) in [4.78, 5) is 14.0. The van der Waals surface area contributed by atoms with E-state index >= 15 is 0 Å². The van der Waals surface area contributed by atoms with Gasteiger partial charge in [0.15, 0.2) is 6.61 Å². The number of nitrogens with one attached hydrogen (secondary N) is 1. The minimum atomic E-state index is -0.273. The van der Waals surface area contributed by atoms with Crippen molar-refractivity contribution < 1.29 is 9.53 Å². The van der Waals surface area contributed by atoms with Gasteiger partial charge in [0.1, 0.15) is 5.75 Å². The zero-order chi connectivity index (χ0) is 16.1. The van der Waals surface area contributed by atoms with Gasteiger partial charge < -0.3 is 4.74 Å². The second-order valence-electron chi connectivity index (χ2n) is 5.18. The number of rotatable bonds is 5. The van der Waals surface area contributed by atoms with Gasteiger partial charge in [-0.3, -0.25) is 4.79 Å². The van der Waals surface area contributed by atoms with Crippen molar-refractivity contribution in [2.24, 2.45) is 5.10 Å².